The van der Waals surface area contributed by atoms with Gasteiger partial charge in [-0.3, -0.25) is 0 Å². The molecule has 0 spiro atoms. The number of anilines is 1. The standard InChI is InChI=1S/C19H21ClN4OS/c1-12(13-5-3-2-4-6-13)23-19-24-15-8-7-14(9-16(15)26-19)25-18-10-17(20)21-11-22-18/h7-13H,2-6H2,1H3,(H,23,24). The minimum absolute atomic E-state index is 0.358. The average molecular weight is 389 g/mol. The van der Waals surface area contributed by atoms with E-state index in [9.17, 15) is 0 Å². The van der Waals surface area contributed by atoms with E-state index in [1.807, 2.05) is 18.2 Å². The highest BCUT2D eigenvalue weighted by Gasteiger charge is 2.20. The van der Waals surface area contributed by atoms with Gasteiger partial charge in [-0.1, -0.05) is 42.2 Å². The monoisotopic (exact) mass is 388 g/mol. The summed E-state index contributed by atoms with van der Waals surface area (Å²) in [6.45, 7) is 2.27. The molecule has 1 aliphatic rings. The Kier molecular flexibility index (Phi) is 5.22. The maximum absolute atomic E-state index is 5.87. The molecule has 0 bridgehead atoms. The highest BCUT2D eigenvalue weighted by Crippen LogP contribution is 2.33. The van der Waals surface area contributed by atoms with Gasteiger partial charge < -0.3 is 10.1 Å². The first-order valence-corrected chi connectivity index (χ1v) is 10.2. The van der Waals surface area contributed by atoms with E-state index in [0.717, 1.165) is 21.3 Å². The van der Waals surface area contributed by atoms with Crippen LogP contribution in [0.3, 0.4) is 0 Å². The van der Waals surface area contributed by atoms with Crippen LogP contribution in [0.4, 0.5) is 5.13 Å². The summed E-state index contributed by atoms with van der Waals surface area (Å²) in [4.78, 5) is 12.6. The molecule has 1 N–H and O–H groups in total. The van der Waals surface area contributed by atoms with Crippen LogP contribution in [-0.2, 0) is 0 Å². The lowest BCUT2D eigenvalue weighted by Crippen LogP contribution is -2.27. The van der Waals surface area contributed by atoms with Gasteiger partial charge in [0.1, 0.15) is 17.2 Å². The first-order chi connectivity index (χ1) is 12.7. The predicted molar refractivity (Wildman–Crippen MR) is 106 cm³/mol. The summed E-state index contributed by atoms with van der Waals surface area (Å²) >= 11 is 7.53. The third-order valence-electron chi connectivity index (χ3n) is 4.90. The van der Waals surface area contributed by atoms with E-state index < -0.39 is 0 Å². The molecule has 3 aromatic rings. The normalized spacial score (nSPS) is 16.5. The Bertz CT molecular complexity index is 894. The average Bonchev–Trinajstić information content (AvgIpc) is 3.04. The zero-order valence-corrected chi connectivity index (χ0v) is 16.2. The lowest BCUT2D eigenvalue weighted by Gasteiger charge is -2.28. The first kappa shape index (κ1) is 17.5. The Morgan fingerprint density at radius 1 is 1.19 bits per heavy atom. The molecule has 5 nitrogen and oxygen atoms in total. The van der Waals surface area contributed by atoms with Crippen LogP contribution in [0.2, 0.25) is 5.15 Å². The highest BCUT2D eigenvalue weighted by atomic mass is 35.5. The van der Waals surface area contributed by atoms with Gasteiger partial charge in [0, 0.05) is 18.2 Å². The van der Waals surface area contributed by atoms with Gasteiger partial charge in [0.15, 0.2) is 5.13 Å². The van der Waals surface area contributed by atoms with Crippen molar-refractivity contribution in [2.75, 3.05) is 5.32 Å². The second-order valence-electron chi connectivity index (χ2n) is 6.76. The van der Waals surface area contributed by atoms with Crippen LogP contribution in [0, 0.1) is 5.92 Å². The summed E-state index contributed by atoms with van der Waals surface area (Å²) in [5.74, 6) is 1.89. The van der Waals surface area contributed by atoms with Gasteiger partial charge in [0.25, 0.3) is 0 Å². The zero-order chi connectivity index (χ0) is 17.9. The SMILES string of the molecule is CC(Nc1nc2ccc(Oc3cc(Cl)ncn3)cc2s1)C1CCCCC1. The van der Waals surface area contributed by atoms with Crippen molar-refractivity contribution in [3.63, 3.8) is 0 Å². The smallest absolute Gasteiger partial charge is 0.223 e. The molecule has 0 aliphatic heterocycles. The lowest BCUT2D eigenvalue weighted by molar-refractivity contribution is 0.328. The summed E-state index contributed by atoms with van der Waals surface area (Å²) in [6, 6.07) is 7.90. The van der Waals surface area contributed by atoms with Crippen molar-refractivity contribution >= 4 is 38.3 Å². The summed E-state index contributed by atoms with van der Waals surface area (Å²) in [5, 5.41) is 4.94. The molecule has 1 atom stereocenters. The van der Waals surface area contributed by atoms with Gasteiger partial charge in [-0.25, -0.2) is 15.0 Å². The minimum atomic E-state index is 0.358. The number of nitrogens with one attached hydrogen (secondary N) is 1. The number of benzene rings is 1. The Hall–Kier alpha value is -1.92. The molecule has 136 valence electrons. The van der Waals surface area contributed by atoms with E-state index in [1.54, 1.807) is 17.4 Å². The van der Waals surface area contributed by atoms with Crippen molar-refractivity contribution in [1.29, 1.82) is 0 Å². The molecule has 0 radical (unpaired) electrons. The van der Waals surface area contributed by atoms with Gasteiger partial charge in [-0.2, -0.15) is 0 Å². The molecule has 26 heavy (non-hydrogen) atoms. The Morgan fingerprint density at radius 3 is 2.85 bits per heavy atom. The molecule has 2 heterocycles. The van der Waals surface area contributed by atoms with Crippen molar-refractivity contribution < 1.29 is 4.74 Å². The van der Waals surface area contributed by atoms with Crippen LogP contribution in [0.15, 0.2) is 30.6 Å². The Morgan fingerprint density at radius 2 is 2.04 bits per heavy atom. The van der Waals surface area contributed by atoms with Crippen LogP contribution in [-0.4, -0.2) is 21.0 Å². The van der Waals surface area contributed by atoms with Crippen molar-refractivity contribution in [1.82, 2.24) is 15.0 Å². The molecule has 1 aromatic carbocycles. The quantitative estimate of drug-likeness (QED) is 0.550. The summed E-state index contributed by atoms with van der Waals surface area (Å²) in [6.07, 6.45) is 8.11. The van der Waals surface area contributed by atoms with Crippen molar-refractivity contribution in [2.45, 2.75) is 45.1 Å². The molecule has 1 fully saturated rings. The van der Waals surface area contributed by atoms with Crippen LogP contribution < -0.4 is 10.1 Å². The third kappa shape index (κ3) is 4.07. The van der Waals surface area contributed by atoms with Crippen LogP contribution in [0.5, 0.6) is 11.6 Å². The number of nitrogens with zero attached hydrogens (tertiary/aromatic N) is 3. The fourth-order valence-electron chi connectivity index (χ4n) is 3.47. The first-order valence-electron chi connectivity index (χ1n) is 9.00. The number of aromatic nitrogens is 3. The number of thiazole rings is 1. The zero-order valence-electron chi connectivity index (χ0n) is 14.6. The van der Waals surface area contributed by atoms with Gasteiger partial charge in [-0.05, 0) is 37.8 Å². The molecular weight excluding hydrogens is 368 g/mol. The minimum Gasteiger partial charge on any atom is -0.439 e. The van der Waals surface area contributed by atoms with Gasteiger partial charge in [0.2, 0.25) is 5.88 Å². The number of hydrogen-bond acceptors (Lipinski definition) is 6. The second kappa shape index (κ2) is 7.76. The predicted octanol–water partition coefficient (Wildman–Crippen LogP) is 5.91. The molecule has 1 unspecified atom stereocenters. The largest absolute Gasteiger partial charge is 0.439 e. The van der Waals surface area contributed by atoms with Crippen LogP contribution in [0.25, 0.3) is 10.2 Å². The van der Waals surface area contributed by atoms with Gasteiger partial charge in [-0.15, -0.1) is 0 Å². The molecule has 2 aromatic heterocycles. The van der Waals surface area contributed by atoms with Gasteiger partial charge in [0.05, 0.1) is 10.2 Å². The van der Waals surface area contributed by atoms with Crippen molar-refractivity contribution in [3.05, 3.63) is 35.7 Å². The number of hydrogen-bond donors (Lipinski definition) is 1. The molecule has 1 aliphatic carbocycles. The molecule has 7 heteroatoms. The van der Waals surface area contributed by atoms with Crippen molar-refractivity contribution in [3.8, 4) is 11.6 Å². The van der Waals surface area contributed by atoms with E-state index >= 15 is 0 Å². The Balaban J connectivity index is 1.48. The molecular formula is C19H21ClN4OS. The number of ether oxygens (including phenoxy) is 1. The van der Waals surface area contributed by atoms with E-state index in [2.05, 4.69) is 22.2 Å². The maximum atomic E-state index is 5.87. The lowest BCUT2D eigenvalue weighted by atomic mass is 9.85. The third-order valence-corrected chi connectivity index (χ3v) is 6.06. The maximum Gasteiger partial charge on any atom is 0.223 e. The van der Waals surface area contributed by atoms with E-state index in [0.29, 0.717) is 22.8 Å². The van der Waals surface area contributed by atoms with Gasteiger partial charge >= 0.3 is 0 Å². The van der Waals surface area contributed by atoms with E-state index in [1.165, 1.54) is 38.4 Å². The molecule has 0 saturated heterocycles. The van der Waals surface area contributed by atoms with E-state index in [4.69, 9.17) is 21.3 Å². The number of halogens is 1. The fourth-order valence-corrected chi connectivity index (χ4v) is 4.60. The topological polar surface area (TPSA) is 59.9 Å². The van der Waals surface area contributed by atoms with Crippen LogP contribution >= 0.6 is 22.9 Å². The molecule has 4 rings (SSSR count). The summed E-state index contributed by atoms with van der Waals surface area (Å²) in [5.41, 5.74) is 0.974. The van der Waals surface area contributed by atoms with E-state index in [-0.39, 0.29) is 0 Å². The molecule has 0 amide bonds. The van der Waals surface area contributed by atoms with Crippen LogP contribution in [0.1, 0.15) is 39.0 Å². The number of rotatable bonds is 5. The Labute approximate surface area is 161 Å². The highest BCUT2D eigenvalue weighted by molar-refractivity contribution is 7.22. The summed E-state index contributed by atoms with van der Waals surface area (Å²) in [7, 11) is 0. The molecule has 1 saturated carbocycles. The summed E-state index contributed by atoms with van der Waals surface area (Å²) < 4.78 is 6.86. The van der Waals surface area contributed by atoms with Crippen molar-refractivity contribution in [2.24, 2.45) is 5.92 Å². The fraction of sp³-hybridized carbons (Fsp3) is 0.421. The number of fused-ring (bicyclic) bond motifs is 1. The second-order valence-corrected chi connectivity index (χ2v) is 8.18.